The van der Waals surface area contributed by atoms with Gasteiger partial charge in [-0.05, 0) is 31.2 Å². The fraction of sp³-hybridized carbons (Fsp3) is 0.421. The van der Waals surface area contributed by atoms with Gasteiger partial charge in [-0.15, -0.1) is 48.5 Å². The number of rotatable bonds is 6. The smallest absolute Gasteiger partial charge is 0.404 e. The minimum atomic E-state index is -4.79. The van der Waals surface area contributed by atoms with Crippen LogP contribution in [0.15, 0.2) is 41.4 Å². The van der Waals surface area contributed by atoms with Gasteiger partial charge >= 0.3 is 6.36 Å². The van der Waals surface area contributed by atoms with Gasteiger partial charge < -0.3 is 20.5 Å². The topological polar surface area (TPSA) is 72.1 Å². The molecule has 1 aliphatic heterocycles. The first-order valence-electron chi connectivity index (χ1n) is 9.11. The van der Waals surface area contributed by atoms with Crippen LogP contribution >= 0.6 is 35.3 Å². The number of hydrogen-bond donors (Lipinski definition) is 2. The Morgan fingerprint density at radius 1 is 1.27 bits per heavy atom. The van der Waals surface area contributed by atoms with Crippen LogP contribution in [0.3, 0.4) is 0 Å². The van der Waals surface area contributed by atoms with Crippen molar-refractivity contribution in [3.8, 4) is 5.75 Å². The van der Waals surface area contributed by atoms with E-state index in [-0.39, 0.29) is 47.4 Å². The van der Waals surface area contributed by atoms with E-state index in [1.165, 1.54) is 28.0 Å². The highest BCUT2D eigenvalue weighted by Crippen LogP contribution is 2.31. The van der Waals surface area contributed by atoms with Crippen LogP contribution in [-0.2, 0) is 4.74 Å². The number of morpholine rings is 1. The van der Waals surface area contributed by atoms with Crippen molar-refractivity contribution in [3.63, 3.8) is 0 Å². The number of nitrogens with two attached hydrogens (primary N) is 1. The molecule has 0 amide bonds. The lowest BCUT2D eigenvalue weighted by Crippen LogP contribution is -2.40. The average molecular weight is 556 g/mol. The molecule has 1 fully saturated rings. The summed E-state index contributed by atoms with van der Waals surface area (Å²) in [5, 5.41) is 2.71. The number of guanidine groups is 1. The standard InChI is InChI=1S/C19H23F3N4O2S.HI/c1-13-6-7-17(29-13)15(26-8-10-27-11-9-26)12-24-18(23)25-14-4-2-3-5-16(14)28-19(20,21)22;/h2-7,15H,8-12H2,1H3,(H3,23,24,25);1H. The quantitative estimate of drug-likeness (QED) is 0.314. The second-order valence-electron chi connectivity index (χ2n) is 6.51. The summed E-state index contributed by atoms with van der Waals surface area (Å²) < 4.78 is 47.2. The Morgan fingerprint density at radius 3 is 2.60 bits per heavy atom. The number of alkyl halides is 3. The fourth-order valence-corrected chi connectivity index (χ4v) is 4.06. The summed E-state index contributed by atoms with van der Waals surface area (Å²) in [5.41, 5.74) is 6.06. The molecule has 1 unspecified atom stereocenters. The Balaban J connectivity index is 0.00000320. The first-order valence-corrected chi connectivity index (χ1v) is 9.93. The van der Waals surface area contributed by atoms with Crippen molar-refractivity contribution in [1.82, 2.24) is 4.90 Å². The SMILES string of the molecule is Cc1ccc(C(CN=C(N)Nc2ccccc2OC(F)(F)F)N2CCOCC2)s1.I. The van der Waals surface area contributed by atoms with E-state index in [9.17, 15) is 13.2 Å². The first kappa shape index (κ1) is 24.7. The van der Waals surface area contributed by atoms with Gasteiger partial charge in [0.1, 0.15) is 0 Å². The number of halogens is 4. The molecule has 166 valence electrons. The third-order valence-corrected chi connectivity index (χ3v) is 5.49. The van der Waals surface area contributed by atoms with Crippen molar-refractivity contribution in [1.29, 1.82) is 0 Å². The van der Waals surface area contributed by atoms with Crippen LogP contribution in [0.2, 0.25) is 0 Å². The summed E-state index contributed by atoms with van der Waals surface area (Å²) in [6.45, 7) is 5.29. The van der Waals surface area contributed by atoms with Crippen molar-refractivity contribution < 1.29 is 22.6 Å². The lowest BCUT2D eigenvalue weighted by molar-refractivity contribution is -0.274. The fourth-order valence-electron chi connectivity index (χ4n) is 3.05. The largest absolute Gasteiger partial charge is 0.573 e. The zero-order valence-electron chi connectivity index (χ0n) is 16.3. The lowest BCUT2D eigenvalue weighted by Gasteiger charge is -2.33. The Morgan fingerprint density at radius 2 is 1.97 bits per heavy atom. The molecule has 1 aromatic carbocycles. The molecule has 6 nitrogen and oxygen atoms in total. The Kier molecular flexibility index (Phi) is 9.19. The van der Waals surface area contributed by atoms with Gasteiger partial charge in [0, 0.05) is 22.8 Å². The molecule has 0 saturated carbocycles. The molecule has 1 saturated heterocycles. The zero-order chi connectivity index (χ0) is 20.9. The number of para-hydroxylation sites is 2. The number of hydrogen-bond acceptors (Lipinski definition) is 5. The molecule has 3 rings (SSSR count). The summed E-state index contributed by atoms with van der Waals surface area (Å²) in [4.78, 5) is 9.04. The third-order valence-electron chi connectivity index (χ3n) is 4.39. The first-order chi connectivity index (χ1) is 13.8. The Labute approximate surface area is 194 Å². The molecule has 0 bridgehead atoms. The minimum absolute atomic E-state index is 0. The molecule has 1 aliphatic rings. The molecule has 1 aromatic heterocycles. The van der Waals surface area contributed by atoms with Gasteiger partial charge in [-0.3, -0.25) is 9.89 Å². The van der Waals surface area contributed by atoms with Crippen molar-refractivity contribution in [2.75, 3.05) is 38.2 Å². The molecule has 3 N–H and O–H groups in total. The molecule has 2 aromatic rings. The molecule has 0 radical (unpaired) electrons. The molecule has 1 atom stereocenters. The predicted molar refractivity (Wildman–Crippen MR) is 123 cm³/mol. The molecule has 11 heteroatoms. The van der Waals surface area contributed by atoms with Crippen LogP contribution in [0.1, 0.15) is 15.8 Å². The van der Waals surface area contributed by atoms with E-state index in [0.29, 0.717) is 19.8 Å². The minimum Gasteiger partial charge on any atom is -0.404 e. The van der Waals surface area contributed by atoms with E-state index in [2.05, 4.69) is 32.1 Å². The highest BCUT2D eigenvalue weighted by atomic mass is 127. The van der Waals surface area contributed by atoms with Crippen LogP contribution in [0, 0.1) is 6.92 Å². The van der Waals surface area contributed by atoms with E-state index < -0.39 is 6.36 Å². The Bertz CT molecular complexity index is 841. The number of nitrogens with one attached hydrogen (secondary N) is 1. The van der Waals surface area contributed by atoms with Gasteiger partial charge in [-0.1, -0.05) is 12.1 Å². The van der Waals surface area contributed by atoms with Gasteiger partial charge in [0.15, 0.2) is 11.7 Å². The monoisotopic (exact) mass is 556 g/mol. The number of ether oxygens (including phenoxy) is 2. The molecule has 2 heterocycles. The number of anilines is 1. The van der Waals surface area contributed by atoms with Gasteiger partial charge in [0.25, 0.3) is 0 Å². The molecule has 0 aliphatic carbocycles. The predicted octanol–water partition coefficient (Wildman–Crippen LogP) is 4.37. The van der Waals surface area contributed by atoms with Gasteiger partial charge in [0.2, 0.25) is 0 Å². The summed E-state index contributed by atoms with van der Waals surface area (Å²) in [6, 6.07) is 9.87. The molecular formula is C19H24F3IN4O2S. The number of nitrogens with zero attached hydrogens (tertiary/aromatic N) is 2. The van der Waals surface area contributed by atoms with Gasteiger partial charge in [-0.2, -0.15) is 0 Å². The van der Waals surface area contributed by atoms with Crippen LogP contribution in [0.5, 0.6) is 5.75 Å². The maximum absolute atomic E-state index is 12.6. The van der Waals surface area contributed by atoms with Crippen LogP contribution in [0.4, 0.5) is 18.9 Å². The molecular weight excluding hydrogens is 532 g/mol. The van der Waals surface area contributed by atoms with Crippen LogP contribution < -0.4 is 15.8 Å². The molecule has 30 heavy (non-hydrogen) atoms. The van der Waals surface area contributed by atoms with Crippen molar-refractivity contribution in [2.45, 2.75) is 19.3 Å². The van der Waals surface area contributed by atoms with Gasteiger partial charge in [0.05, 0.1) is 31.5 Å². The highest BCUT2D eigenvalue weighted by Gasteiger charge is 2.32. The van der Waals surface area contributed by atoms with E-state index in [4.69, 9.17) is 10.5 Å². The summed E-state index contributed by atoms with van der Waals surface area (Å²) in [6.07, 6.45) is -4.79. The summed E-state index contributed by atoms with van der Waals surface area (Å²) in [5.74, 6) is -0.341. The number of benzene rings is 1. The summed E-state index contributed by atoms with van der Waals surface area (Å²) in [7, 11) is 0. The highest BCUT2D eigenvalue weighted by molar-refractivity contribution is 14.0. The number of aryl methyl sites for hydroxylation is 1. The number of aliphatic imine (C=N–C) groups is 1. The van der Waals surface area contributed by atoms with E-state index >= 15 is 0 Å². The second kappa shape index (κ2) is 11.2. The zero-order valence-corrected chi connectivity index (χ0v) is 19.5. The third kappa shape index (κ3) is 7.29. The normalized spacial score (nSPS) is 16.6. The van der Waals surface area contributed by atoms with E-state index in [1.54, 1.807) is 17.4 Å². The van der Waals surface area contributed by atoms with Crippen molar-refractivity contribution >= 4 is 47.0 Å². The average Bonchev–Trinajstić information content (AvgIpc) is 3.09. The van der Waals surface area contributed by atoms with Crippen LogP contribution in [-0.4, -0.2) is 50.1 Å². The van der Waals surface area contributed by atoms with Crippen LogP contribution in [0.25, 0.3) is 0 Å². The second-order valence-corrected chi connectivity index (χ2v) is 7.83. The maximum atomic E-state index is 12.6. The van der Waals surface area contributed by atoms with Gasteiger partial charge in [-0.25, -0.2) is 0 Å². The van der Waals surface area contributed by atoms with Crippen molar-refractivity contribution in [2.24, 2.45) is 10.7 Å². The number of thiophene rings is 1. The molecule has 0 spiro atoms. The lowest BCUT2D eigenvalue weighted by atomic mass is 10.2. The van der Waals surface area contributed by atoms with E-state index in [1.807, 2.05) is 6.92 Å². The van der Waals surface area contributed by atoms with Crippen molar-refractivity contribution in [3.05, 3.63) is 46.2 Å². The maximum Gasteiger partial charge on any atom is 0.573 e. The Hall–Kier alpha value is -1.57. The van der Waals surface area contributed by atoms with E-state index in [0.717, 1.165) is 13.1 Å². The summed E-state index contributed by atoms with van der Waals surface area (Å²) >= 11 is 1.70.